The van der Waals surface area contributed by atoms with Crippen LogP contribution in [0.5, 0.6) is 0 Å². The van der Waals surface area contributed by atoms with E-state index in [2.05, 4.69) is 10.8 Å². The van der Waals surface area contributed by atoms with E-state index >= 15 is 0 Å². The Bertz CT molecular complexity index is 239. The summed E-state index contributed by atoms with van der Waals surface area (Å²) in [5.74, 6) is 0.487. The van der Waals surface area contributed by atoms with Crippen LogP contribution in [0.25, 0.3) is 0 Å². The van der Waals surface area contributed by atoms with Crippen molar-refractivity contribution in [2.75, 3.05) is 12.9 Å². The summed E-state index contributed by atoms with van der Waals surface area (Å²) in [6.45, 7) is 7.91. The molecule has 0 aliphatic heterocycles. The Morgan fingerprint density at radius 2 is 2.00 bits per heavy atom. The highest BCUT2D eigenvalue weighted by atomic mass is 32.2. The first kappa shape index (κ1) is 11.6. The van der Waals surface area contributed by atoms with Crippen LogP contribution in [-0.4, -0.2) is 21.3 Å². The summed E-state index contributed by atoms with van der Waals surface area (Å²) in [6.07, 6.45) is 1.84. The van der Waals surface area contributed by atoms with Crippen molar-refractivity contribution in [3.05, 3.63) is 12.2 Å². The molecule has 12 heavy (non-hydrogen) atoms. The maximum Gasteiger partial charge on any atom is 0.264 e. The van der Waals surface area contributed by atoms with Crippen LogP contribution in [0.3, 0.4) is 0 Å². The lowest BCUT2D eigenvalue weighted by Crippen LogP contribution is -2.06. The molecule has 0 spiro atoms. The van der Waals surface area contributed by atoms with E-state index < -0.39 is 10.1 Å². The second-order valence-corrected chi connectivity index (χ2v) is 4.96. The molecule has 0 fully saturated rings. The van der Waals surface area contributed by atoms with Crippen LogP contribution in [0.2, 0.25) is 0 Å². The summed E-state index contributed by atoms with van der Waals surface area (Å²) in [6, 6.07) is 0. The molecule has 0 aromatic heterocycles. The summed E-state index contributed by atoms with van der Waals surface area (Å²) in [7, 11) is -3.32. The first-order chi connectivity index (χ1) is 5.31. The Morgan fingerprint density at radius 3 is 2.33 bits per heavy atom. The van der Waals surface area contributed by atoms with Crippen molar-refractivity contribution in [2.45, 2.75) is 20.3 Å². The Labute approximate surface area is 74.6 Å². The zero-order chi connectivity index (χ0) is 9.78. The molecule has 0 atom stereocenters. The molecule has 4 heteroatoms. The van der Waals surface area contributed by atoms with Crippen molar-refractivity contribution in [3.8, 4) is 0 Å². The maximum absolute atomic E-state index is 10.6. The van der Waals surface area contributed by atoms with E-state index in [1.165, 1.54) is 0 Å². The van der Waals surface area contributed by atoms with Gasteiger partial charge in [-0.3, -0.25) is 4.18 Å². The van der Waals surface area contributed by atoms with Crippen LogP contribution in [0.4, 0.5) is 0 Å². The van der Waals surface area contributed by atoms with Crippen LogP contribution < -0.4 is 0 Å². The van der Waals surface area contributed by atoms with E-state index in [4.69, 9.17) is 0 Å². The molecule has 0 aliphatic carbocycles. The van der Waals surface area contributed by atoms with Gasteiger partial charge in [0.1, 0.15) is 0 Å². The van der Waals surface area contributed by atoms with Crippen molar-refractivity contribution in [1.29, 1.82) is 0 Å². The highest BCUT2D eigenvalue weighted by Crippen LogP contribution is 2.09. The molecule has 72 valence electrons. The summed E-state index contributed by atoms with van der Waals surface area (Å²) in [5, 5.41) is 0. The number of rotatable bonds is 5. The average molecular weight is 192 g/mol. The first-order valence-corrected chi connectivity index (χ1v) is 5.64. The average Bonchev–Trinajstić information content (AvgIpc) is 1.80. The van der Waals surface area contributed by atoms with Gasteiger partial charge in [0.2, 0.25) is 0 Å². The number of hydrogen-bond donors (Lipinski definition) is 0. The van der Waals surface area contributed by atoms with Crippen molar-refractivity contribution in [1.82, 2.24) is 0 Å². The minimum Gasteiger partial charge on any atom is -0.266 e. The Morgan fingerprint density at radius 1 is 1.50 bits per heavy atom. The van der Waals surface area contributed by atoms with Gasteiger partial charge in [-0.05, 0) is 12.3 Å². The summed E-state index contributed by atoms with van der Waals surface area (Å²) in [4.78, 5) is 0. The van der Waals surface area contributed by atoms with Crippen LogP contribution in [0, 0.1) is 5.92 Å². The SMILES string of the molecule is C=C(COS(C)(=O)=O)CC(C)C. The van der Waals surface area contributed by atoms with E-state index in [0.29, 0.717) is 5.92 Å². The molecule has 0 heterocycles. The van der Waals surface area contributed by atoms with E-state index in [0.717, 1.165) is 18.2 Å². The topological polar surface area (TPSA) is 43.4 Å². The van der Waals surface area contributed by atoms with Crippen molar-refractivity contribution in [3.63, 3.8) is 0 Å². The van der Waals surface area contributed by atoms with Crippen molar-refractivity contribution in [2.24, 2.45) is 5.92 Å². The van der Waals surface area contributed by atoms with E-state index in [1.54, 1.807) is 0 Å². The fourth-order valence-electron chi connectivity index (χ4n) is 0.827. The van der Waals surface area contributed by atoms with Crippen LogP contribution in [0.1, 0.15) is 20.3 Å². The second kappa shape index (κ2) is 4.62. The van der Waals surface area contributed by atoms with Crippen LogP contribution >= 0.6 is 0 Å². The molecule has 0 aromatic carbocycles. The first-order valence-electron chi connectivity index (χ1n) is 3.82. The van der Waals surface area contributed by atoms with Crippen molar-refractivity contribution < 1.29 is 12.6 Å². The molecule has 0 amide bonds. The second-order valence-electron chi connectivity index (χ2n) is 3.31. The van der Waals surface area contributed by atoms with Gasteiger partial charge in [-0.25, -0.2) is 0 Å². The monoisotopic (exact) mass is 192 g/mol. The fraction of sp³-hybridized carbons (Fsp3) is 0.750. The lowest BCUT2D eigenvalue weighted by Gasteiger charge is -2.07. The highest BCUT2D eigenvalue weighted by molar-refractivity contribution is 7.85. The molecule has 3 nitrogen and oxygen atoms in total. The molecule has 0 N–H and O–H groups in total. The van der Waals surface area contributed by atoms with Gasteiger partial charge < -0.3 is 0 Å². The predicted octanol–water partition coefficient (Wildman–Crippen LogP) is 1.56. The molecular weight excluding hydrogens is 176 g/mol. The van der Waals surface area contributed by atoms with Gasteiger partial charge in [-0.2, -0.15) is 8.42 Å². The van der Waals surface area contributed by atoms with Gasteiger partial charge in [0.15, 0.2) is 0 Å². The predicted molar refractivity (Wildman–Crippen MR) is 49.4 cm³/mol. The van der Waals surface area contributed by atoms with Gasteiger partial charge in [-0.15, -0.1) is 0 Å². The lowest BCUT2D eigenvalue weighted by molar-refractivity contribution is 0.344. The zero-order valence-corrected chi connectivity index (χ0v) is 8.65. The third-order valence-corrected chi connectivity index (χ3v) is 1.72. The fourth-order valence-corrected chi connectivity index (χ4v) is 1.21. The Hall–Kier alpha value is -0.350. The Balaban J connectivity index is 3.73. The zero-order valence-electron chi connectivity index (χ0n) is 7.83. The molecule has 0 bridgehead atoms. The minimum atomic E-state index is -3.32. The van der Waals surface area contributed by atoms with Crippen LogP contribution in [0.15, 0.2) is 12.2 Å². The summed E-state index contributed by atoms with van der Waals surface area (Å²) in [5.41, 5.74) is 0.815. The lowest BCUT2D eigenvalue weighted by atomic mass is 10.1. The van der Waals surface area contributed by atoms with E-state index in [-0.39, 0.29) is 6.61 Å². The van der Waals surface area contributed by atoms with Gasteiger partial charge >= 0.3 is 0 Å². The third-order valence-electron chi connectivity index (χ3n) is 1.17. The van der Waals surface area contributed by atoms with Gasteiger partial charge in [0.05, 0.1) is 12.9 Å². The summed E-state index contributed by atoms with van der Waals surface area (Å²) < 4.78 is 25.7. The smallest absolute Gasteiger partial charge is 0.264 e. The summed E-state index contributed by atoms with van der Waals surface area (Å²) >= 11 is 0. The van der Waals surface area contributed by atoms with E-state index in [1.807, 2.05) is 13.8 Å². The van der Waals surface area contributed by atoms with Gasteiger partial charge in [0, 0.05) is 0 Å². The molecule has 0 unspecified atom stereocenters. The standard InChI is InChI=1S/C8H16O3S/c1-7(2)5-8(3)6-11-12(4,9)10/h7H,3,5-6H2,1-2,4H3. The minimum absolute atomic E-state index is 0.108. The molecular formula is C8H16O3S. The maximum atomic E-state index is 10.6. The van der Waals surface area contributed by atoms with Crippen LogP contribution in [-0.2, 0) is 14.3 Å². The molecule has 0 saturated heterocycles. The molecule has 0 aliphatic rings. The number of hydrogen-bond acceptors (Lipinski definition) is 3. The molecule has 0 aromatic rings. The molecule has 0 rings (SSSR count). The highest BCUT2D eigenvalue weighted by Gasteiger charge is 2.04. The van der Waals surface area contributed by atoms with E-state index in [9.17, 15) is 8.42 Å². The molecule has 0 radical (unpaired) electrons. The van der Waals surface area contributed by atoms with Gasteiger partial charge in [-0.1, -0.05) is 26.0 Å². The largest absolute Gasteiger partial charge is 0.266 e. The third kappa shape index (κ3) is 7.75. The van der Waals surface area contributed by atoms with Crippen molar-refractivity contribution >= 4 is 10.1 Å². The van der Waals surface area contributed by atoms with Gasteiger partial charge in [0.25, 0.3) is 10.1 Å². The quantitative estimate of drug-likeness (QED) is 0.490. The normalized spacial score (nSPS) is 12.0. The Kier molecular flexibility index (Phi) is 4.49. The molecule has 0 saturated carbocycles.